The summed E-state index contributed by atoms with van der Waals surface area (Å²) in [5.74, 6) is -1.02. The van der Waals surface area contributed by atoms with Gasteiger partial charge < -0.3 is 9.73 Å². The monoisotopic (exact) mass is 405 g/mol. The average Bonchev–Trinajstić information content (AvgIpc) is 3.10. The molecular formula is C22H13ClFN3O2. The lowest BCUT2D eigenvalue weighted by molar-refractivity contribution is 0.102. The first-order chi connectivity index (χ1) is 13.9. The van der Waals surface area contributed by atoms with Crippen LogP contribution in [0.15, 0.2) is 59.0 Å². The number of aryl methyl sites for hydroxylation is 1. The highest BCUT2D eigenvalue weighted by Gasteiger charge is 2.15. The highest BCUT2D eigenvalue weighted by atomic mass is 35.5. The molecule has 0 unspecified atom stereocenters. The summed E-state index contributed by atoms with van der Waals surface area (Å²) >= 11 is 6.28. The topological polar surface area (TPSA) is 78.9 Å². The van der Waals surface area contributed by atoms with Gasteiger partial charge in [0.2, 0.25) is 5.89 Å². The number of fused-ring (bicyclic) bond motifs is 1. The summed E-state index contributed by atoms with van der Waals surface area (Å²) in [6, 6.07) is 16.0. The highest BCUT2D eigenvalue weighted by molar-refractivity contribution is 6.33. The molecule has 3 aromatic carbocycles. The van der Waals surface area contributed by atoms with Crippen LogP contribution in [0, 0.1) is 24.1 Å². The smallest absolute Gasteiger partial charge is 0.258 e. The van der Waals surface area contributed by atoms with E-state index in [9.17, 15) is 9.18 Å². The number of carbonyl (C=O) groups excluding carboxylic acids is 1. The number of halogens is 2. The predicted molar refractivity (Wildman–Crippen MR) is 108 cm³/mol. The Morgan fingerprint density at radius 1 is 1.17 bits per heavy atom. The summed E-state index contributed by atoms with van der Waals surface area (Å²) in [5.41, 5.74) is 3.16. The second-order valence-electron chi connectivity index (χ2n) is 6.45. The molecule has 0 atom stereocenters. The van der Waals surface area contributed by atoms with Gasteiger partial charge in [0.1, 0.15) is 11.3 Å². The van der Waals surface area contributed by atoms with E-state index < -0.39 is 11.7 Å². The first-order valence-electron chi connectivity index (χ1n) is 8.63. The number of nitrogens with zero attached hydrogens (tertiary/aromatic N) is 2. The minimum absolute atomic E-state index is 0.144. The normalized spacial score (nSPS) is 10.7. The number of rotatable bonds is 3. The molecule has 0 aliphatic rings. The molecule has 1 N–H and O–H groups in total. The molecule has 7 heteroatoms. The number of carbonyl (C=O) groups is 1. The van der Waals surface area contributed by atoms with Gasteiger partial charge in [-0.2, -0.15) is 5.26 Å². The average molecular weight is 406 g/mol. The van der Waals surface area contributed by atoms with Gasteiger partial charge >= 0.3 is 0 Å². The SMILES string of the molecule is Cc1ccc(-c2nc3cc(NC(=O)c4ccc(C#N)cc4F)ccc3o2)c(Cl)c1. The van der Waals surface area contributed by atoms with Crippen molar-refractivity contribution in [1.82, 2.24) is 4.98 Å². The van der Waals surface area contributed by atoms with E-state index in [4.69, 9.17) is 21.3 Å². The zero-order chi connectivity index (χ0) is 20.5. The Hall–Kier alpha value is -3.69. The highest BCUT2D eigenvalue weighted by Crippen LogP contribution is 2.31. The second kappa shape index (κ2) is 7.38. The van der Waals surface area contributed by atoms with Crippen LogP contribution in [0.25, 0.3) is 22.6 Å². The number of benzene rings is 3. The van der Waals surface area contributed by atoms with Crippen LogP contribution in [0.5, 0.6) is 0 Å². The van der Waals surface area contributed by atoms with E-state index in [0.717, 1.165) is 11.6 Å². The van der Waals surface area contributed by atoms with Crippen molar-refractivity contribution in [3.8, 4) is 17.5 Å². The first kappa shape index (κ1) is 18.7. The summed E-state index contributed by atoms with van der Waals surface area (Å²) in [7, 11) is 0. The maximum absolute atomic E-state index is 14.0. The summed E-state index contributed by atoms with van der Waals surface area (Å²) in [4.78, 5) is 16.8. The van der Waals surface area contributed by atoms with E-state index in [0.29, 0.717) is 33.3 Å². The molecule has 0 saturated carbocycles. The molecule has 4 rings (SSSR count). The Morgan fingerprint density at radius 2 is 2.00 bits per heavy atom. The van der Waals surface area contributed by atoms with Crippen molar-refractivity contribution in [2.45, 2.75) is 6.92 Å². The molecule has 0 spiro atoms. The van der Waals surface area contributed by atoms with Gasteiger partial charge in [0, 0.05) is 5.69 Å². The van der Waals surface area contributed by atoms with Crippen molar-refractivity contribution in [3.05, 3.63) is 82.1 Å². The standard InChI is InChI=1S/C22H13ClFN3O2/c1-12-2-5-15(17(23)8-12)22-27-19-10-14(4-7-20(19)29-22)26-21(28)16-6-3-13(11-25)9-18(16)24/h2-10H,1H3,(H,26,28). The summed E-state index contributed by atoms with van der Waals surface area (Å²) < 4.78 is 19.8. The lowest BCUT2D eigenvalue weighted by atomic mass is 10.1. The Morgan fingerprint density at radius 3 is 2.72 bits per heavy atom. The Balaban J connectivity index is 1.62. The summed E-state index contributed by atoms with van der Waals surface area (Å²) in [6.07, 6.45) is 0. The third-order valence-corrected chi connectivity index (χ3v) is 4.66. The second-order valence-corrected chi connectivity index (χ2v) is 6.85. The Bertz CT molecular complexity index is 1310. The third kappa shape index (κ3) is 3.68. The van der Waals surface area contributed by atoms with E-state index in [2.05, 4.69) is 10.3 Å². The summed E-state index contributed by atoms with van der Waals surface area (Å²) in [5, 5.41) is 12.0. The van der Waals surface area contributed by atoms with Crippen LogP contribution >= 0.6 is 11.6 Å². The zero-order valence-corrected chi connectivity index (χ0v) is 15.9. The van der Waals surface area contributed by atoms with Crippen LogP contribution in [0.3, 0.4) is 0 Å². The number of oxazole rings is 1. The van der Waals surface area contributed by atoms with Crippen LogP contribution in [0.2, 0.25) is 5.02 Å². The molecule has 1 amide bonds. The molecule has 0 bridgehead atoms. The largest absolute Gasteiger partial charge is 0.436 e. The van der Waals surface area contributed by atoms with Gasteiger partial charge in [-0.3, -0.25) is 4.79 Å². The Labute approximate surface area is 170 Å². The van der Waals surface area contributed by atoms with Crippen molar-refractivity contribution in [3.63, 3.8) is 0 Å². The number of anilines is 1. The molecule has 0 saturated heterocycles. The molecule has 4 aromatic rings. The molecule has 0 aliphatic heterocycles. The van der Waals surface area contributed by atoms with Crippen molar-refractivity contribution >= 4 is 34.3 Å². The van der Waals surface area contributed by atoms with Gasteiger partial charge in [-0.05, 0) is 61.0 Å². The van der Waals surface area contributed by atoms with Gasteiger partial charge in [-0.15, -0.1) is 0 Å². The fraction of sp³-hybridized carbons (Fsp3) is 0.0455. The van der Waals surface area contributed by atoms with Gasteiger partial charge in [0.25, 0.3) is 5.91 Å². The maximum Gasteiger partial charge on any atom is 0.258 e. The van der Waals surface area contributed by atoms with E-state index in [-0.39, 0.29) is 11.1 Å². The van der Waals surface area contributed by atoms with E-state index in [1.54, 1.807) is 18.2 Å². The molecule has 0 aliphatic carbocycles. The molecule has 1 aromatic heterocycles. The maximum atomic E-state index is 14.0. The van der Waals surface area contributed by atoms with Gasteiger partial charge in [-0.25, -0.2) is 9.37 Å². The quantitative estimate of drug-likeness (QED) is 0.472. The molecular weight excluding hydrogens is 393 g/mol. The number of aromatic nitrogens is 1. The third-order valence-electron chi connectivity index (χ3n) is 4.34. The van der Waals surface area contributed by atoms with Crippen LogP contribution in [-0.4, -0.2) is 10.9 Å². The molecule has 0 fully saturated rings. The molecule has 142 valence electrons. The minimum Gasteiger partial charge on any atom is -0.436 e. The number of hydrogen-bond donors (Lipinski definition) is 1. The lowest BCUT2D eigenvalue weighted by Crippen LogP contribution is -2.13. The van der Waals surface area contributed by atoms with Crippen molar-refractivity contribution in [2.24, 2.45) is 0 Å². The number of hydrogen-bond acceptors (Lipinski definition) is 4. The van der Waals surface area contributed by atoms with Crippen LogP contribution in [-0.2, 0) is 0 Å². The molecule has 1 heterocycles. The van der Waals surface area contributed by atoms with Crippen LogP contribution < -0.4 is 5.32 Å². The van der Waals surface area contributed by atoms with Gasteiger partial charge in [-0.1, -0.05) is 17.7 Å². The van der Waals surface area contributed by atoms with Crippen LogP contribution in [0.4, 0.5) is 10.1 Å². The molecule has 29 heavy (non-hydrogen) atoms. The van der Waals surface area contributed by atoms with E-state index in [1.165, 1.54) is 12.1 Å². The predicted octanol–water partition coefficient (Wildman–Crippen LogP) is 5.72. The number of nitriles is 1. The fourth-order valence-electron chi connectivity index (χ4n) is 2.88. The molecule has 0 radical (unpaired) electrons. The summed E-state index contributed by atoms with van der Waals surface area (Å²) in [6.45, 7) is 1.94. The first-order valence-corrected chi connectivity index (χ1v) is 9.00. The van der Waals surface area contributed by atoms with Crippen LogP contribution in [0.1, 0.15) is 21.5 Å². The Kier molecular flexibility index (Phi) is 4.75. The van der Waals surface area contributed by atoms with Crippen molar-refractivity contribution in [2.75, 3.05) is 5.32 Å². The fourth-order valence-corrected chi connectivity index (χ4v) is 3.20. The van der Waals surface area contributed by atoms with Gasteiger partial charge in [0.15, 0.2) is 5.58 Å². The lowest BCUT2D eigenvalue weighted by Gasteiger charge is -2.06. The van der Waals surface area contributed by atoms with Crippen molar-refractivity contribution < 1.29 is 13.6 Å². The van der Waals surface area contributed by atoms with E-state index >= 15 is 0 Å². The van der Waals surface area contributed by atoms with E-state index in [1.807, 2.05) is 31.2 Å². The van der Waals surface area contributed by atoms with Crippen molar-refractivity contribution in [1.29, 1.82) is 5.26 Å². The molecule has 5 nitrogen and oxygen atoms in total. The number of nitrogens with one attached hydrogen (secondary N) is 1. The number of amides is 1. The minimum atomic E-state index is -0.764. The zero-order valence-electron chi connectivity index (χ0n) is 15.2. The van der Waals surface area contributed by atoms with Gasteiger partial charge in [0.05, 0.1) is 27.8 Å².